The Hall–Kier alpha value is -4.22. The van der Waals surface area contributed by atoms with Gasteiger partial charge in [0.05, 0.1) is 22.9 Å². The molecule has 4 aromatic rings. The lowest BCUT2D eigenvalue weighted by atomic mass is 10.0. The zero-order valence-corrected chi connectivity index (χ0v) is 18.0. The molecule has 0 bridgehead atoms. The summed E-state index contributed by atoms with van der Waals surface area (Å²) in [5, 5.41) is 15.1. The highest BCUT2D eigenvalue weighted by molar-refractivity contribution is 5.67. The van der Waals surface area contributed by atoms with Crippen LogP contribution in [0.5, 0.6) is 5.75 Å². The minimum absolute atomic E-state index is 0.0522. The normalized spacial score (nSPS) is 11.7. The van der Waals surface area contributed by atoms with Crippen molar-refractivity contribution in [1.82, 2.24) is 19.7 Å². The molecule has 34 heavy (non-hydrogen) atoms. The summed E-state index contributed by atoms with van der Waals surface area (Å²) in [5.41, 5.74) is -0.943. The maximum absolute atomic E-state index is 13.8. The van der Waals surface area contributed by atoms with Crippen LogP contribution in [-0.2, 0) is 12.7 Å². The van der Waals surface area contributed by atoms with Crippen LogP contribution >= 0.6 is 0 Å². The monoisotopic (exact) mass is 473 g/mol. The zero-order chi connectivity index (χ0) is 24.5. The van der Waals surface area contributed by atoms with Crippen molar-refractivity contribution in [3.63, 3.8) is 0 Å². The van der Waals surface area contributed by atoms with Crippen molar-refractivity contribution < 1.29 is 27.4 Å². The van der Waals surface area contributed by atoms with E-state index >= 15 is 0 Å². The molecule has 0 fully saturated rings. The second-order valence-corrected chi connectivity index (χ2v) is 7.64. The quantitative estimate of drug-likeness (QED) is 0.262. The van der Waals surface area contributed by atoms with E-state index in [2.05, 4.69) is 15.1 Å². The van der Waals surface area contributed by atoms with Crippen molar-refractivity contribution in [2.45, 2.75) is 32.7 Å². The summed E-state index contributed by atoms with van der Waals surface area (Å²) in [7, 11) is 0. The number of hydrogen-bond donors (Lipinski definition) is 0. The Morgan fingerprint density at radius 1 is 1.21 bits per heavy atom. The summed E-state index contributed by atoms with van der Waals surface area (Å²) in [6.45, 7) is 3.65. The van der Waals surface area contributed by atoms with Crippen LogP contribution in [0.25, 0.3) is 22.8 Å². The van der Waals surface area contributed by atoms with E-state index in [1.807, 2.05) is 0 Å². The molecule has 0 amide bonds. The molecule has 0 aliphatic rings. The molecular formula is C22H18F3N5O4. The van der Waals surface area contributed by atoms with Gasteiger partial charge in [-0.1, -0.05) is 17.3 Å². The van der Waals surface area contributed by atoms with E-state index in [0.717, 1.165) is 6.07 Å². The lowest BCUT2D eigenvalue weighted by Gasteiger charge is -2.13. The highest BCUT2D eigenvalue weighted by Gasteiger charge is 2.35. The first-order chi connectivity index (χ1) is 16.1. The lowest BCUT2D eigenvalue weighted by molar-refractivity contribution is -0.386. The summed E-state index contributed by atoms with van der Waals surface area (Å²) >= 11 is 0. The Morgan fingerprint density at radius 2 is 2.00 bits per heavy atom. The number of nitro groups is 1. The molecule has 4 rings (SSSR count). The van der Waals surface area contributed by atoms with Gasteiger partial charge in [0, 0.05) is 36.1 Å². The Kier molecular flexibility index (Phi) is 6.05. The second kappa shape index (κ2) is 8.96. The highest BCUT2D eigenvalue weighted by atomic mass is 19.4. The lowest BCUT2D eigenvalue weighted by Crippen LogP contribution is -2.09. The van der Waals surface area contributed by atoms with Gasteiger partial charge in [-0.25, -0.2) is 4.98 Å². The summed E-state index contributed by atoms with van der Waals surface area (Å²) in [5.74, 6) is -0.400. The second-order valence-electron chi connectivity index (χ2n) is 7.64. The first-order valence-corrected chi connectivity index (χ1v) is 10.1. The van der Waals surface area contributed by atoms with Crippen LogP contribution in [0.3, 0.4) is 0 Å². The number of rotatable bonds is 7. The average Bonchev–Trinajstić information content (AvgIpc) is 3.45. The smallest absolute Gasteiger partial charge is 0.417 e. The molecule has 12 heteroatoms. The van der Waals surface area contributed by atoms with E-state index in [4.69, 9.17) is 9.26 Å². The van der Waals surface area contributed by atoms with Crippen molar-refractivity contribution >= 4 is 5.69 Å². The summed E-state index contributed by atoms with van der Waals surface area (Å²) < 4.78 is 53.7. The molecule has 0 atom stereocenters. The highest BCUT2D eigenvalue weighted by Crippen LogP contribution is 2.38. The van der Waals surface area contributed by atoms with Gasteiger partial charge in [-0.3, -0.25) is 10.1 Å². The number of nitro benzene ring substituents is 1. The fourth-order valence-electron chi connectivity index (χ4n) is 3.31. The van der Waals surface area contributed by atoms with Gasteiger partial charge in [-0.15, -0.1) is 0 Å². The summed E-state index contributed by atoms with van der Waals surface area (Å²) in [4.78, 5) is 18.8. The molecule has 0 unspecified atom stereocenters. The van der Waals surface area contributed by atoms with E-state index in [1.54, 1.807) is 24.6 Å². The predicted octanol–water partition coefficient (Wildman–Crippen LogP) is 5.36. The molecule has 0 saturated heterocycles. The van der Waals surface area contributed by atoms with E-state index in [0.29, 0.717) is 5.56 Å². The third kappa shape index (κ3) is 4.90. The van der Waals surface area contributed by atoms with Crippen molar-refractivity contribution in [3.05, 3.63) is 76.4 Å². The minimum Gasteiger partial charge on any atom is -0.484 e. The van der Waals surface area contributed by atoms with E-state index < -0.39 is 16.7 Å². The summed E-state index contributed by atoms with van der Waals surface area (Å²) in [6.07, 6.45) is -0.286. The molecular weight excluding hydrogens is 455 g/mol. The third-order valence-electron chi connectivity index (χ3n) is 4.75. The minimum atomic E-state index is -4.67. The van der Waals surface area contributed by atoms with E-state index in [-0.39, 0.29) is 46.9 Å². The SMILES string of the molecule is CC(C)Oc1ccc(-c2nc(-c3ccc(Cn4ccnc4)cc3C(F)(F)F)no2)cc1[N+](=O)[O-]. The first kappa shape index (κ1) is 23.0. The van der Waals surface area contributed by atoms with Crippen LogP contribution in [0.15, 0.2) is 59.6 Å². The van der Waals surface area contributed by atoms with Gasteiger partial charge in [0.25, 0.3) is 5.89 Å². The van der Waals surface area contributed by atoms with Gasteiger partial charge in [0.1, 0.15) is 0 Å². The van der Waals surface area contributed by atoms with Gasteiger partial charge >= 0.3 is 11.9 Å². The van der Waals surface area contributed by atoms with Crippen molar-refractivity contribution in [1.29, 1.82) is 0 Å². The predicted molar refractivity (Wildman–Crippen MR) is 114 cm³/mol. The summed E-state index contributed by atoms with van der Waals surface area (Å²) in [6, 6.07) is 7.83. The maximum Gasteiger partial charge on any atom is 0.417 e. The fraction of sp³-hybridized carbons (Fsp3) is 0.227. The van der Waals surface area contributed by atoms with Crippen molar-refractivity contribution in [2.75, 3.05) is 0 Å². The number of alkyl halides is 3. The number of hydrogen-bond acceptors (Lipinski definition) is 7. The molecule has 0 saturated carbocycles. The van der Waals surface area contributed by atoms with Crippen LogP contribution in [-0.4, -0.2) is 30.7 Å². The Bertz CT molecular complexity index is 1320. The molecule has 176 valence electrons. The first-order valence-electron chi connectivity index (χ1n) is 10.1. The molecule has 0 radical (unpaired) electrons. The number of aromatic nitrogens is 4. The molecule has 9 nitrogen and oxygen atoms in total. The molecule has 0 spiro atoms. The van der Waals surface area contributed by atoms with Gasteiger partial charge in [-0.05, 0) is 37.6 Å². The average molecular weight is 473 g/mol. The van der Waals surface area contributed by atoms with Crippen molar-refractivity contribution in [2.24, 2.45) is 0 Å². The van der Waals surface area contributed by atoms with Crippen LogP contribution in [0, 0.1) is 10.1 Å². The number of ether oxygens (including phenoxy) is 1. The molecule has 0 aliphatic heterocycles. The van der Waals surface area contributed by atoms with Gasteiger partial charge in [0.15, 0.2) is 5.75 Å². The van der Waals surface area contributed by atoms with Crippen LogP contribution in [0.1, 0.15) is 25.0 Å². The molecule has 2 aromatic carbocycles. The molecule has 2 aromatic heterocycles. The van der Waals surface area contributed by atoms with Crippen LogP contribution < -0.4 is 4.74 Å². The molecule has 0 aliphatic carbocycles. The topological polar surface area (TPSA) is 109 Å². The number of imidazole rings is 1. The molecule has 0 N–H and O–H groups in total. The number of benzene rings is 2. The van der Waals surface area contributed by atoms with E-state index in [1.165, 1.54) is 42.9 Å². The van der Waals surface area contributed by atoms with E-state index in [9.17, 15) is 23.3 Å². The van der Waals surface area contributed by atoms with Crippen LogP contribution in [0.4, 0.5) is 18.9 Å². The largest absolute Gasteiger partial charge is 0.484 e. The van der Waals surface area contributed by atoms with Crippen LogP contribution in [0.2, 0.25) is 0 Å². The van der Waals surface area contributed by atoms with Gasteiger partial charge in [0.2, 0.25) is 5.82 Å². The Balaban J connectivity index is 1.70. The van der Waals surface area contributed by atoms with Gasteiger partial charge in [-0.2, -0.15) is 18.2 Å². The van der Waals surface area contributed by atoms with Gasteiger partial charge < -0.3 is 13.8 Å². The third-order valence-corrected chi connectivity index (χ3v) is 4.75. The molecule has 2 heterocycles. The number of halogens is 3. The number of nitrogens with zero attached hydrogens (tertiary/aromatic N) is 5. The zero-order valence-electron chi connectivity index (χ0n) is 18.0. The van der Waals surface area contributed by atoms with Crippen molar-refractivity contribution in [3.8, 4) is 28.6 Å². The fourth-order valence-corrected chi connectivity index (χ4v) is 3.31. The Labute approximate surface area is 191 Å². The Morgan fingerprint density at radius 3 is 2.65 bits per heavy atom. The maximum atomic E-state index is 13.8. The standard InChI is InChI=1S/C22H18F3N5O4/c1-13(2)33-19-6-4-15(10-18(19)30(31)32)21-27-20(28-34-21)16-5-3-14(9-17(16)22(23,24)25)11-29-8-7-26-12-29/h3-10,12-13H,11H2,1-2H3.